The van der Waals surface area contributed by atoms with E-state index in [-0.39, 0.29) is 5.91 Å². The first-order valence-corrected chi connectivity index (χ1v) is 8.28. The molecule has 0 radical (unpaired) electrons. The fraction of sp³-hybridized carbons (Fsp3) is 0.438. The molecule has 1 fully saturated rings. The lowest BCUT2D eigenvalue weighted by atomic mass is 10.1. The monoisotopic (exact) mass is 288 g/mol. The van der Waals surface area contributed by atoms with Crippen molar-refractivity contribution in [3.8, 4) is 0 Å². The van der Waals surface area contributed by atoms with Crippen molar-refractivity contribution in [2.24, 2.45) is 0 Å². The minimum atomic E-state index is 0.0534. The Bertz CT molecular complexity index is 641. The second-order valence-corrected chi connectivity index (χ2v) is 6.67. The zero-order valence-corrected chi connectivity index (χ0v) is 12.8. The first-order valence-electron chi connectivity index (χ1n) is 7.12. The molecule has 1 aliphatic rings. The van der Waals surface area contributed by atoms with Gasteiger partial charge in [-0.25, -0.2) is 0 Å². The Morgan fingerprint density at radius 1 is 1.40 bits per heavy atom. The maximum atomic E-state index is 12.3. The highest BCUT2D eigenvalue weighted by Gasteiger charge is 2.17. The lowest BCUT2D eigenvalue weighted by molar-refractivity contribution is 0.0939. The van der Waals surface area contributed by atoms with E-state index in [4.69, 9.17) is 0 Å². The van der Waals surface area contributed by atoms with E-state index in [2.05, 4.69) is 24.1 Å². The quantitative estimate of drug-likeness (QED) is 0.889. The number of thioether (sulfide) groups is 1. The number of hydrogen-bond donors (Lipinski definition) is 2. The summed E-state index contributed by atoms with van der Waals surface area (Å²) in [6, 6.07) is 6.23. The molecule has 0 bridgehead atoms. The Morgan fingerprint density at radius 3 is 3.00 bits per heavy atom. The lowest BCUT2D eigenvalue weighted by Gasteiger charge is -2.22. The minimum absolute atomic E-state index is 0.0534. The van der Waals surface area contributed by atoms with Crippen molar-refractivity contribution in [3.63, 3.8) is 0 Å². The number of H-pyrrole nitrogens is 1. The molecule has 2 aromatic rings. The fourth-order valence-electron chi connectivity index (χ4n) is 2.73. The van der Waals surface area contributed by atoms with Gasteiger partial charge in [0.1, 0.15) is 0 Å². The Kier molecular flexibility index (Phi) is 3.74. The molecule has 1 amide bonds. The van der Waals surface area contributed by atoms with Crippen LogP contribution in [0.1, 0.15) is 34.5 Å². The molecule has 3 rings (SSSR count). The average molecular weight is 288 g/mol. The van der Waals surface area contributed by atoms with Crippen LogP contribution in [0.4, 0.5) is 0 Å². The normalized spacial score (nSPS) is 19.2. The molecule has 2 heterocycles. The van der Waals surface area contributed by atoms with Crippen LogP contribution in [0, 0.1) is 13.8 Å². The number of carbonyl (C=O) groups excluding carboxylic acids is 1. The summed E-state index contributed by atoms with van der Waals surface area (Å²) in [5, 5.41) is 4.30. The van der Waals surface area contributed by atoms with Crippen LogP contribution < -0.4 is 5.32 Å². The van der Waals surface area contributed by atoms with Crippen LogP contribution in [0.15, 0.2) is 18.2 Å². The molecule has 0 saturated carbocycles. The van der Waals surface area contributed by atoms with E-state index in [1.54, 1.807) is 0 Å². The summed E-state index contributed by atoms with van der Waals surface area (Å²) in [6.07, 6.45) is 2.30. The fourth-order valence-corrected chi connectivity index (χ4v) is 3.80. The molecule has 1 aliphatic heterocycles. The van der Waals surface area contributed by atoms with Gasteiger partial charge in [-0.15, -0.1) is 0 Å². The van der Waals surface area contributed by atoms with E-state index in [0.29, 0.717) is 6.04 Å². The highest BCUT2D eigenvalue weighted by atomic mass is 32.2. The molecule has 1 atom stereocenters. The number of rotatable bonds is 2. The third-order valence-corrected chi connectivity index (χ3v) is 5.28. The van der Waals surface area contributed by atoms with Gasteiger partial charge in [0.25, 0.3) is 5.91 Å². The number of hydrogen-bond acceptors (Lipinski definition) is 2. The van der Waals surface area contributed by atoms with Gasteiger partial charge in [-0.2, -0.15) is 11.8 Å². The first-order chi connectivity index (χ1) is 9.65. The van der Waals surface area contributed by atoms with Crippen molar-refractivity contribution in [1.82, 2.24) is 10.3 Å². The van der Waals surface area contributed by atoms with Gasteiger partial charge in [0.15, 0.2) is 0 Å². The van der Waals surface area contributed by atoms with E-state index in [9.17, 15) is 4.79 Å². The number of aromatic amines is 1. The molecule has 0 spiro atoms. The SMILES string of the molecule is Cc1[nH]c2ccc(C(=O)NC3CCCSC3)cc2c1C. The maximum absolute atomic E-state index is 12.3. The average Bonchev–Trinajstić information content (AvgIpc) is 2.75. The molecule has 1 aromatic carbocycles. The molecule has 0 aliphatic carbocycles. The topological polar surface area (TPSA) is 44.9 Å². The molecule has 1 aromatic heterocycles. The smallest absolute Gasteiger partial charge is 0.251 e. The third kappa shape index (κ3) is 2.57. The predicted molar refractivity (Wildman–Crippen MR) is 85.6 cm³/mol. The van der Waals surface area contributed by atoms with Gasteiger partial charge >= 0.3 is 0 Å². The van der Waals surface area contributed by atoms with Crippen LogP contribution >= 0.6 is 11.8 Å². The molecule has 1 unspecified atom stereocenters. The van der Waals surface area contributed by atoms with Crippen molar-refractivity contribution >= 4 is 28.6 Å². The zero-order chi connectivity index (χ0) is 14.1. The van der Waals surface area contributed by atoms with Gasteiger partial charge in [0, 0.05) is 34.0 Å². The highest BCUT2D eigenvalue weighted by Crippen LogP contribution is 2.23. The summed E-state index contributed by atoms with van der Waals surface area (Å²) in [4.78, 5) is 15.7. The van der Waals surface area contributed by atoms with E-state index in [1.165, 1.54) is 23.4 Å². The van der Waals surface area contributed by atoms with Crippen molar-refractivity contribution in [3.05, 3.63) is 35.0 Å². The number of amides is 1. The maximum Gasteiger partial charge on any atom is 0.251 e. The first kappa shape index (κ1) is 13.6. The number of benzene rings is 1. The van der Waals surface area contributed by atoms with Gasteiger partial charge in [-0.05, 0) is 56.2 Å². The second kappa shape index (κ2) is 5.52. The molecule has 4 heteroatoms. The highest BCUT2D eigenvalue weighted by molar-refractivity contribution is 7.99. The Balaban J connectivity index is 1.82. The molecule has 2 N–H and O–H groups in total. The summed E-state index contributed by atoms with van der Waals surface area (Å²) in [5.74, 6) is 2.31. The van der Waals surface area contributed by atoms with Gasteiger partial charge < -0.3 is 10.3 Å². The van der Waals surface area contributed by atoms with Gasteiger partial charge in [0.05, 0.1) is 0 Å². The van der Waals surface area contributed by atoms with Crippen LogP contribution in [0.5, 0.6) is 0 Å². The number of fused-ring (bicyclic) bond motifs is 1. The summed E-state index contributed by atoms with van der Waals surface area (Å²) >= 11 is 1.93. The summed E-state index contributed by atoms with van der Waals surface area (Å²) in [7, 11) is 0. The number of aryl methyl sites for hydroxylation is 2. The van der Waals surface area contributed by atoms with E-state index >= 15 is 0 Å². The number of carbonyl (C=O) groups is 1. The standard InChI is InChI=1S/C16H20N2OS/c1-10-11(2)17-15-6-5-12(8-14(10)15)16(19)18-13-4-3-7-20-9-13/h5-6,8,13,17H,3-4,7,9H2,1-2H3,(H,18,19). The van der Waals surface area contributed by atoms with Crippen LogP contribution in [0.3, 0.4) is 0 Å². The molecule has 3 nitrogen and oxygen atoms in total. The molecular formula is C16H20N2OS. The van der Waals surface area contributed by atoms with Crippen molar-refractivity contribution < 1.29 is 4.79 Å². The molecule has 106 valence electrons. The third-order valence-electron chi connectivity index (χ3n) is 4.07. The zero-order valence-electron chi connectivity index (χ0n) is 12.0. The van der Waals surface area contributed by atoms with Gasteiger partial charge in [-0.1, -0.05) is 0 Å². The van der Waals surface area contributed by atoms with E-state index in [1.807, 2.05) is 30.0 Å². The van der Waals surface area contributed by atoms with Crippen LogP contribution in [-0.4, -0.2) is 28.4 Å². The van der Waals surface area contributed by atoms with Crippen molar-refractivity contribution in [2.75, 3.05) is 11.5 Å². The van der Waals surface area contributed by atoms with Gasteiger partial charge in [-0.3, -0.25) is 4.79 Å². The lowest BCUT2D eigenvalue weighted by Crippen LogP contribution is -2.38. The number of aromatic nitrogens is 1. The largest absolute Gasteiger partial charge is 0.358 e. The summed E-state index contributed by atoms with van der Waals surface area (Å²) in [6.45, 7) is 4.15. The molecule has 1 saturated heterocycles. The van der Waals surface area contributed by atoms with Crippen molar-refractivity contribution in [1.29, 1.82) is 0 Å². The van der Waals surface area contributed by atoms with Crippen LogP contribution in [-0.2, 0) is 0 Å². The Hall–Kier alpha value is -1.42. The summed E-state index contributed by atoms with van der Waals surface area (Å²) < 4.78 is 0. The summed E-state index contributed by atoms with van der Waals surface area (Å²) in [5.41, 5.74) is 4.25. The number of nitrogens with one attached hydrogen (secondary N) is 2. The second-order valence-electron chi connectivity index (χ2n) is 5.52. The minimum Gasteiger partial charge on any atom is -0.358 e. The van der Waals surface area contributed by atoms with Crippen LogP contribution in [0.2, 0.25) is 0 Å². The van der Waals surface area contributed by atoms with Crippen LogP contribution in [0.25, 0.3) is 10.9 Å². The Labute approximate surface area is 123 Å². The van der Waals surface area contributed by atoms with E-state index < -0.39 is 0 Å². The Morgan fingerprint density at radius 2 is 2.25 bits per heavy atom. The predicted octanol–water partition coefficient (Wildman–Crippen LogP) is 3.41. The molecule has 20 heavy (non-hydrogen) atoms. The van der Waals surface area contributed by atoms with Crippen molar-refractivity contribution in [2.45, 2.75) is 32.7 Å². The molecular weight excluding hydrogens is 268 g/mol. The van der Waals surface area contributed by atoms with Gasteiger partial charge in [0.2, 0.25) is 0 Å². The van der Waals surface area contributed by atoms with E-state index in [0.717, 1.165) is 28.6 Å².